The molecule has 0 unspecified atom stereocenters. The maximum Gasteiger partial charge on any atom is 0.317 e. The van der Waals surface area contributed by atoms with Crippen molar-refractivity contribution in [2.45, 2.75) is 44.3 Å². The first-order valence-corrected chi connectivity index (χ1v) is 11.4. The molecule has 1 aromatic heterocycles. The average Bonchev–Trinajstić information content (AvgIpc) is 3.12. The minimum atomic E-state index is -3.78. The van der Waals surface area contributed by atoms with Gasteiger partial charge in [0.25, 0.3) is 0 Å². The molecule has 2 amide bonds. The summed E-state index contributed by atoms with van der Waals surface area (Å²) in [6.45, 7) is 6.90. The highest BCUT2D eigenvalue weighted by atomic mass is 32.2. The Morgan fingerprint density at radius 3 is 2.53 bits per heavy atom. The van der Waals surface area contributed by atoms with Gasteiger partial charge in [0, 0.05) is 26.2 Å². The van der Waals surface area contributed by atoms with E-state index in [1.54, 1.807) is 16.6 Å². The van der Waals surface area contributed by atoms with E-state index in [-0.39, 0.29) is 29.5 Å². The maximum atomic E-state index is 13.1. The number of imidazole rings is 1. The molecule has 8 nitrogen and oxygen atoms in total. The maximum absolute atomic E-state index is 13.1. The number of urea groups is 1. The summed E-state index contributed by atoms with van der Waals surface area (Å²) in [7, 11) is -2.23. The fourth-order valence-electron chi connectivity index (χ4n) is 3.05. The molecule has 2 aromatic rings. The number of nitrogens with zero attached hydrogens (tertiary/aromatic N) is 3. The third kappa shape index (κ3) is 6.02. The first kappa shape index (κ1) is 23.8. The van der Waals surface area contributed by atoms with Crippen molar-refractivity contribution in [2.24, 2.45) is 0 Å². The number of nitrogens with one attached hydrogen (secondary N) is 1. The first-order chi connectivity index (χ1) is 14.2. The fraction of sp³-hybridized carbons (Fsp3) is 0.500. The predicted octanol–water partition coefficient (Wildman–Crippen LogP) is 2.75. The van der Waals surface area contributed by atoms with E-state index in [1.165, 1.54) is 30.5 Å². The van der Waals surface area contributed by atoms with E-state index in [9.17, 15) is 17.6 Å². The van der Waals surface area contributed by atoms with Gasteiger partial charge in [-0.25, -0.2) is 22.6 Å². The zero-order valence-electron chi connectivity index (χ0n) is 17.8. The van der Waals surface area contributed by atoms with Crippen LogP contribution in [0.4, 0.5) is 9.18 Å². The summed E-state index contributed by atoms with van der Waals surface area (Å²) in [4.78, 5) is 18.1. The monoisotopic (exact) mass is 440 g/mol. The van der Waals surface area contributed by atoms with E-state index in [4.69, 9.17) is 4.74 Å². The zero-order valence-corrected chi connectivity index (χ0v) is 18.6. The second-order valence-corrected chi connectivity index (χ2v) is 9.01. The Labute approximate surface area is 177 Å². The lowest BCUT2D eigenvalue weighted by atomic mass is 10.2. The van der Waals surface area contributed by atoms with Crippen molar-refractivity contribution in [3.63, 3.8) is 0 Å². The Kier molecular flexibility index (Phi) is 8.36. The second-order valence-electron chi connectivity index (χ2n) is 7.13. The van der Waals surface area contributed by atoms with E-state index < -0.39 is 15.7 Å². The summed E-state index contributed by atoms with van der Waals surface area (Å²) in [6.07, 6.45) is 1.48. The van der Waals surface area contributed by atoms with Gasteiger partial charge in [0.05, 0.1) is 30.8 Å². The Bertz CT molecular complexity index is 942. The molecular weight excluding hydrogens is 411 g/mol. The van der Waals surface area contributed by atoms with Gasteiger partial charge < -0.3 is 19.5 Å². The minimum absolute atomic E-state index is 0.0700. The Morgan fingerprint density at radius 1 is 1.30 bits per heavy atom. The lowest BCUT2D eigenvalue weighted by molar-refractivity contribution is 0.145. The summed E-state index contributed by atoms with van der Waals surface area (Å²) >= 11 is 0. The molecule has 0 aliphatic heterocycles. The third-order valence-electron chi connectivity index (χ3n) is 4.44. The lowest BCUT2D eigenvalue weighted by Gasteiger charge is -2.24. The normalized spacial score (nSPS) is 11.7. The largest absolute Gasteiger partial charge is 0.383 e. The van der Waals surface area contributed by atoms with Crippen molar-refractivity contribution in [3.8, 4) is 0 Å². The van der Waals surface area contributed by atoms with Gasteiger partial charge in [-0.2, -0.15) is 0 Å². The van der Waals surface area contributed by atoms with Crippen LogP contribution in [0.25, 0.3) is 0 Å². The Balaban J connectivity index is 2.34. The summed E-state index contributed by atoms with van der Waals surface area (Å²) in [5, 5.41) is 2.68. The van der Waals surface area contributed by atoms with Crippen molar-refractivity contribution >= 4 is 15.9 Å². The van der Waals surface area contributed by atoms with Crippen LogP contribution in [-0.4, -0.2) is 55.7 Å². The first-order valence-electron chi connectivity index (χ1n) is 9.74. The topological polar surface area (TPSA) is 93.5 Å². The number of hydrogen-bond acceptors (Lipinski definition) is 5. The van der Waals surface area contributed by atoms with Crippen molar-refractivity contribution in [1.29, 1.82) is 0 Å². The Morgan fingerprint density at radius 2 is 1.97 bits per heavy atom. The molecule has 0 aliphatic rings. The van der Waals surface area contributed by atoms with Crippen LogP contribution in [-0.2, 0) is 26.9 Å². The number of methoxy groups -OCH3 is 1. The van der Waals surface area contributed by atoms with E-state index >= 15 is 0 Å². The van der Waals surface area contributed by atoms with Crippen molar-refractivity contribution in [3.05, 3.63) is 47.5 Å². The van der Waals surface area contributed by atoms with Gasteiger partial charge in [-0.15, -0.1) is 0 Å². The Hall–Kier alpha value is -2.46. The van der Waals surface area contributed by atoms with Gasteiger partial charge >= 0.3 is 6.03 Å². The number of ether oxygens (including phenoxy) is 1. The third-order valence-corrected chi connectivity index (χ3v) is 6.01. The van der Waals surface area contributed by atoms with Crippen molar-refractivity contribution in [2.75, 3.05) is 26.8 Å². The number of benzene rings is 1. The number of carbonyl (C=O) groups excluding carboxylic acids is 1. The standard InChI is InChI=1S/C20H29FN4O4S/c1-5-22-19(26)24(10-11-29-4)13-18-12-23-20(25(18)15(2)3)30(27,28)14-16-6-8-17(21)9-7-16/h6-9,12,15H,5,10-11,13-14H2,1-4H3,(H,22,26). The number of hydrogen-bond donors (Lipinski definition) is 1. The van der Waals surface area contributed by atoms with Crippen LogP contribution in [0, 0.1) is 5.82 Å². The number of sulfone groups is 1. The highest BCUT2D eigenvalue weighted by Gasteiger charge is 2.26. The van der Waals surface area contributed by atoms with Crippen LogP contribution >= 0.6 is 0 Å². The van der Waals surface area contributed by atoms with Gasteiger partial charge in [0.1, 0.15) is 5.82 Å². The van der Waals surface area contributed by atoms with Gasteiger partial charge in [-0.1, -0.05) is 12.1 Å². The molecule has 166 valence electrons. The van der Waals surface area contributed by atoms with Crippen LogP contribution in [0.2, 0.25) is 0 Å². The number of halogens is 1. The SMILES string of the molecule is CCNC(=O)N(CCOC)Cc1cnc(S(=O)(=O)Cc2ccc(F)cc2)n1C(C)C. The number of aromatic nitrogens is 2. The molecule has 0 radical (unpaired) electrons. The molecule has 10 heteroatoms. The van der Waals surface area contributed by atoms with Crippen molar-refractivity contribution in [1.82, 2.24) is 19.8 Å². The molecule has 0 spiro atoms. The molecule has 0 fully saturated rings. The average molecular weight is 441 g/mol. The highest BCUT2D eigenvalue weighted by Crippen LogP contribution is 2.23. The molecule has 0 aliphatic carbocycles. The van der Waals surface area contributed by atoms with Gasteiger partial charge in [-0.05, 0) is 38.5 Å². The summed E-state index contributed by atoms with van der Waals surface area (Å²) < 4.78 is 45.9. The molecule has 30 heavy (non-hydrogen) atoms. The van der Waals surface area contributed by atoms with Crippen LogP contribution in [0.3, 0.4) is 0 Å². The van der Waals surface area contributed by atoms with E-state index in [0.29, 0.717) is 31.0 Å². The molecule has 0 saturated heterocycles. The van der Waals surface area contributed by atoms with E-state index in [2.05, 4.69) is 10.3 Å². The molecule has 2 rings (SSSR count). The number of carbonyl (C=O) groups is 1. The molecule has 1 N–H and O–H groups in total. The number of rotatable bonds is 10. The molecule has 0 bridgehead atoms. The summed E-state index contributed by atoms with van der Waals surface area (Å²) in [5.74, 6) is -0.719. The van der Waals surface area contributed by atoms with E-state index in [1.807, 2.05) is 20.8 Å². The lowest BCUT2D eigenvalue weighted by Crippen LogP contribution is -2.41. The minimum Gasteiger partial charge on any atom is -0.383 e. The molecule has 0 atom stereocenters. The molecule has 0 saturated carbocycles. The summed E-state index contributed by atoms with van der Waals surface area (Å²) in [5.41, 5.74) is 1.07. The molecule has 1 aromatic carbocycles. The predicted molar refractivity (Wildman–Crippen MR) is 111 cm³/mol. The van der Waals surface area contributed by atoms with Gasteiger partial charge in [0.15, 0.2) is 0 Å². The van der Waals surface area contributed by atoms with Crippen LogP contribution < -0.4 is 5.32 Å². The van der Waals surface area contributed by atoms with Crippen LogP contribution in [0.15, 0.2) is 35.6 Å². The summed E-state index contributed by atoms with van der Waals surface area (Å²) in [6, 6.07) is 4.88. The van der Waals surface area contributed by atoms with Gasteiger partial charge in [-0.3, -0.25) is 0 Å². The molecule has 1 heterocycles. The van der Waals surface area contributed by atoms with Crippen LogP contribution in [0.5, 0.6) is 0 Å². The van der Waals surface area contributed by atoms with E-state index in [0.717, 1.165) is 0 Å². The quantitative estimate of drug-likeness (QED) is 0.613. The smallest absolute Gasteiger partial charge is 0.317 e. The number of amides is 2. The van der Waals surface area contributed by atoms with Crippen LogP contribution in [0.1, 0.15) is 38.1 Å². The highest BCUT2D eigenvalue weighted by molar-refractivity contribution is 7.90. The van der Waals surface area contributed by atoms with Crippen molar-refractivity contribution < 1.29 is 22.3 Å². The zero-order chi connectivity index (χ0) is 22.3. The van der Waals surface area contributed by atoms with Gasteiger partial charge in [0.2, 0.25) is 15.0 Å². The second kappa shape index (κ2) is 10.5. The fourth-order valence-corrected chi connectivity index (χ4v) is 4.66. The molecular formula is C20H29FN4O4S.